The molecule has 0 aliphatic carbocycles. The molecule has 0 aliphatic rings. The Labute approximate surface area is 123 Å². The first-order valence-corrected chi connectivity index (χ1v) is 7.58. The molecule has 0 saturated heterocycles. The molecule has 0 radical (unpaired) electrons. The third-order valence-electron chi connectivity index (χ3n) is 2.41. The number of carbonyl (C=O) groups is 1. The predicted octanol–water partition coefficient (Wildman–Crippen LogP) is 3.78. The van der Waals surface area contributed by atoms with Crippen LogP contribution in [0.1, 0.15) is 24.2 Å². The molecule has 1 atom stereocenters. The van der Waals surface area contributed by atoms with Gasteiger partial charge in [0.1, 0.15) is 5.82 Å². The average molecular weight is 414 g/mol. The molecule has 5 heteroatoms. The number of nitrogens with one attached hydrogen (secondary N) is 1. The zero-order chi connectivity index (χ0) is 13.0. The van der Waals surface area contributed by atoms with Crippen molar-refractivity contribution in [3.05, 3.63) is 34.1 Å². The topological polar surface area (TPSA) is 29.1 Å². The fourth-order valence-corrected chi connectivity index (χ4v) is 3.02. The molecule has 0 bridgehead atoms. The maximum Gasteiger partial charge on any atom is 0.251 e. The molecular formula is C12H14BrFINO. The lowest BCUT2D eigenvalue weighted by Gasteiger charge is -2.20. The van der Waals surface area contributed by atoms with Crippen LogP contribution in [-0.2, 0) is 0 Å². The third-order valence-corrected chi connectivity index (χ3v) is 3.82. The van der Waals surface area contributed by atoms with E-state index in [0.717, 1.165) is 4.43 Å². The minimum atomic E-state index is -0.417. The van der Waals surface area contributed by atoms with E-state index in [0.29, 0.717) is 16.0 Å². The van der Waals surface area contributed by atoms with Gasteiger partial charge in [-0.15, -0.1) is 0 Å². The lowest BCUT2D eigenvalue weighted by molar-refractivity contribution is 0.0931. The maximum absolute atomic E-state index is 13.2. The van der Waals surface area contributed by atoms with Gasteiger partial charge >= 0.3 is 0 Å². The van der Waals surface area contributed by atoms with Crippen LogP contribution >= 0.6 is 38.5 Å². The zero-order valence-electron chi connectivity index (χ0n) is 9.64. The highest BCUT2D eigenvalue weighted by molar-refractivity contribution is 14.1. The Balaban J connectivity index is 2.82. The van der Waals surface area contributed by atoms with Crippen molar-refractivity contribution in [2.45, 2.75) is 19.9 Å². The Kier molecular flexibility index (Phi) is 5.85. The largest absolute Gasteiger partial charge is 0.348 e. The number of alkyl halides is 1. The number of amides is 1. The second kappa shape index (κ2) is 6.68. The van der Waals surface area contributed by atoms with E-state index in [1.54, 1.807) is 6.07 Å². The van der Waals surface area contributed by atoms with Gasteiger partial charge in [-0.1, -0.05) is 52.4 Å². The van der Waals surface area contributed by atoms with E-state index in [1.165, 1.54) is 12.1 Å². The molecule has 1 N–H and O–H groups in total. The minimum Gasteiger partial charge on any atom is -0.348 e. The van der Waals surface area contributed by atoms with Gasteiger partial charge in [0.2, 0.25) is 0 Å². The van der Waals surface area contributed by atoms with E-state index in [2.05, 4.69) is 43.8 Å². The standard InChI is InChI=1S/C12H14BrFINO/c1-7(2)11(6-15)16-12(17)8-3-9(13)5-10(14)4-8/h3-5,7,11H,6H2,1-2H3,(H,16,17). The summed E-state index contributed by atoms with van der Waals surface area (Å²) in [5, 5.41) is 2.90. The van der Waals surface area contributed by atoms with Crippen molar-refractivity contribution in [2.24, 2.45) is 5.92 Å². The second-order valence-electron chi connectivity index (χ2n) is 4.14. The highest BCUT2D eigenvalue weighted by atomic mass is 127. The van der Waals surface area contributed by atoms with Gasteiger partial charge in [0.05, 0.1) is 0 Å². The quantitative estimate of drug-likeness (QED) is 0.590. The number of benzene rings is 1. The van der Waals surface area contributed by atoms with Crippen LogP contribution in [0.3, 0.4) is 0 Å². The number of hydrogen-bond acceptors (Lipinski definition) is 1. The summed E-state index contributed by atoms with van der Waals surface area (Å²) < 4.78 is 14.6. The van der Waals surface area contributed by atoms with Crippen LogP contribution in [0.2, 0.25) is 0 Å². The maximum atomic E-state index is 13.2. The van der Waals surface area contributed by atoms with Gasteiger partial charge in [-0.05, 0) is 24.1 Å². The van der Waals surface area contributed by atoms with Crippen molar-refractivity contribution in [3.8, 4) is 0 Å². The molecule has 2 nitrogen and oxygen atoms in total. The average Bonchev–Trinajstić information content (AvgIpc) is 2.23. The molecule has 1 aromatic carbocycles. The van der Waals surface area contributed by atoms with Crippen LogP contribution in [0.5, 0.6) is 0 Å². The molecule has 1 rings (SSSR count). The van der Waals surface area contributed by atoms with Gasteiger partial charge < -0.3 is 5.32 Å². The van der Waals surface area contributed by atoms with Gasteiger partial charge in [0.15, 0.2) is 0 Å². The Hall–Kier alpha value is -0.170. The van der Waals surface area contributed by atoms with E-state index in [4.69, 9.17) is 0 Å². The van der Waals surface area contributed by atoms with E-state index in [-0.39, 0.29) is 11.9 Å². The fraction of sp³-hybridized carbons (Fsp3) is 0.417. The number of hydrogen-bond donors (Lipinski definition) is 1. The van der Waals surface area contributed by atoms with Crippen molar-refractivity contribution in [3.63, 3.8) is 0 Å². The summed E-state index contributed by atoms with van der Waals surface area (Å²) in [5.41, 5.74) is 0.340. The highest BCUT2D eigenvalue weighted by Crippen LogP contribution is 2.15. The first-order valence-electron chi connectivity index (χ1n) is 5.27. The van der Waals surface area contributed by atoms with Crippen LogP contribution in [0.4, 0.5) is 4.39 Å². The normalized spacial score (nSPS) is 12.6. The van der Waals surface area contributed by atoms with E-state index in [1.807, 2.05) is 13.8 Å². The molecule has 17 heavy (non-hydrogen) atoms. The smallest absolute Gasteiger partial charge is 0.251 e. The van der Waals surface area contributed by atoms with Crippen LogP contribution < -0.4 is 5.32 Å². The Bertz CT molecular complexity index is 391. The van der Waals surface area contributed by atoms with Gasteiger partial charge in [0, 0.05) is 20.5 Å². The van der Waals surface area contributed by atoms with Crippen molar-refractivity contribution in [1.29, 1.82) is 0 Å². The summed E-state index contributed by atoms with van der Waals surface area (Å²) in [7, 11) is 0. The number of halogens is 3. The van der Waals surface area contributed by atoms with E-state index >= 15 is 0 Å². The second-order valence-corrected chi connectivity index (χ2v) is 5.93. The van der Waals surface area contributed by atoms with Gasteiger partial charge in [0.25, 0.3) is 5.91 Å². The summed E-state index contributed by atoms with van der Waals surface area (Å²) in [6.45, 7) is 4.09. The first kappa shape index (κ1) is 14.9. The summed E-state index contributed by atoms with van der Waals surface area (Å²) >= 11 is 5.40. The van der Waals surface area contributed by atoms with Crippen LogP contribution in [-0.4, -0.2) is 16.4 Å². The lowest BCUT2D eigenvalue weighted by Crippen LogP contribution is -2.39. The molecule has 0 fully saturated rings. The van der Waals surface area contributed by atoms with Crippen molar-refractivity contribution < 1.29 is 9.18 Å². The zero-order valence-corrected chi connectivity index (χ0v) is 13.4. The van der Waals surface area contributed by atoms with Crippen LogP contribution in [0.25, 0.3) is 0 Å². The third kappa shape index (κ3) is 4.54. The summed E-state index contributed by atoms with van der Waals surface area (Å²) in [5.74, 6) is -0.298. The first-order chi connectivity index (χ1) is 7.93. The van der Waals surface area contributed by atoms with Gasteiger partial charge in [-0.25, -0.2) is 4.39 Å². The Morgan fingerprint density at radius 2 is 2.12 bits per heavy atom. The molecule has 1 unspecified atom stereocenters. The molecule has 0 aromatic heterocycles. The lowest BCUT2D eigenvalue weighted by atomic mass is 10.1. The molecule has 0 spiro atoms. The molecule has 0 heterocycles. The number of carbonyl (C=O) groups excluding carboxylic acids is 1. The molecular weight excluding hydrogens is 400 g/mol. The van der Waals surface area contributed by atoms with Crippen LogP contribution in [0, 0.1) is 11.7 Å². The molecule has 1 aromatic rings. The summed E-state index contributed by atoms with van der Waals surface area (Å²) in [6, 6.07) is 4.29. The SMILES string of the molecule is CC(C)C(CI)NC(=O)c1cc(F)cc(Br)c1. The van der Waals surface area contributed by atoms with Crippen molar-refractivity contribution in [2.75, 3.05) is 4.43 Å². The van der Waals surface area contributed by atoms with Gasteiger partial charge in [-0.2, -0.15) is 0 Å². The summed E-state index contributed by atoms with van der Waals surface area (Å²) in [4.78, 5) is 11.9. The molecule has 0 aliphatic heterocycles. The Morgan fingerprint density at radius 1 is 1.47 bits per heavy atom. The number of rotatable bonds is 4. The fourth-order valence-electron chi connectivity index (χ4n) is 1.32. The highest BCUT2D eigenvalue weighted by Gasteiger charge is 2.16. The minimum absolute atomic E-state index is 0.102. The van der Waals surface area contributed by atoms with E-state index in [9.17, 15) is 9.18 Å². The summed E-state index contributed by atoms with van der Waals surface area (Å²) in [6.07, 6.45) is 0. The molecule has 1 amide bonds. The van der Waals surface area contributed by atoms with Crippen molar-refractivity contribution in [1.82, 2.24) is 5.32 Å². The van der Waals surface area contributed by atoms with Crippen LogP contribution in [0.15, 0.2) is 22.7 Å². The van der Waals surface area contributed by atoms with E-state index < -0.39 is 5.82 Å². The predicted molar refractivity (Wildman–Crippen MR) is 79.1 cm³/mol. The molecule has 94 valence electrons. The molecule has 0 saturated carbocycles. The van der Waals surface area contributed by atoms with Crippen molar-refractivity contribution >= 4 is 44.4 Å². The van der Waals surface area contributed by atoms with Gasteiger partial charge in [-0.3, -0.25) is 4.79 Å². The Morgan fingerprint density at radius 3 is 2.59 bits per heavy atom. The monoisotopic (exact) mass is 413 g/mol.